The molecule has 2 aromatic rings. The van der Waals surface area contributed by atoms with Crippen LogP contribution in [0.1, 0.15) is 78.1 Å². The number of carbonyl (C=O) groups is 3. The zero-order valence-corrected chi connectivity index (χ0v) is 21.6. The molecule has 0 radical (unpaired) electrons. The van der Waals surface area contributed by atoms with Gasteiger partial charge in [-0.2, -0.15) is 0 Å². The first-order chi connectivity index (χ1) is 17.2. The van der Waals surface area contributed by atoms with Crippen molar-refractivity contribution in [3.05, 3.63) is 29.8 Å². The molecule has 0 aliphatic carbocycles. The van der Waals surface area contributed by atoms with Crippen LogP contribution in [0.4, 0.5) is 9.18 Å². The average molecular weight is 504 g/mol. The van der Waals surface area contributed by atoms with Gasteiger partial charge in [0.25, 0.3) is 0 Å². The lowest BCUT2D eigenvalue weighted by atomic mass is 9.99. The maximum absolute atomic E-state index is 14.0. The van der Waals surface area contributed by atoms with Gasteiger partial charge in [-0.1, -0.05) is 26.8 Å². The summed E-state index contributed by atoms with van der Waals surface area (Å²) < 4.78 is 19.2. The number of aromatic nitrogens is 2. The molecular formula is C26H38FN5O4. The number of nitrogens with one attached hydrogen (secondary N) is 3. The van der Waals surface area contributed by atoms with Crippen LogP contribution in [0.2, 0.25) is 0 Å². The van der Waals surface area contributed by atoms with E-state index in [0.29, 0.717) is 11.3 Å². The van der Waals surface area contributed by atoms with Crippen molar-refractivity contribution in [3.63, 3.8) is 0 Å². The van der Waals surface area contributed by atoms with Gasteiger partial charge in [0.15, 0.2) is 5.82 Å². The lowest BCUT2D eigenvalue weighted by Crippen LogP contribution is -2.49. The van der Waals surface area contributed by atoms with E-state index in [2.05, 4.69) is 27.5 Å². The zero-order valence-electron chi connectivity index (χ0n) is 21.6. The normalized spacial score (nSPS) is 17.6. The van der Waals surface area contributed by atoms with E-state index in [9.17, 15) is 18.8 Å². The number of H-pyrrole nitrogens is 1. The number of hydrogen-bond donors (Lipinski definition) is 3. The fourth-order valence-electron chi connectivity index (χ4n) is 4.46. The molecule has 198 valence electrons. The van der Waals surface area contributed by atoms with E-state index < -0.39 is 29.9 Å². The summed E-state index contributed by atoms with van der Waals surface area (Å²) in [6.07, 6.45) is 3.52. The lowest BCUT2D eigenvalue weighted by Gasteiger charge is -2.35. The highest BCUT2D eigenvalue weighted by Gasteiger charge is 2.29. The highest BCUT2D eigenvalue weighted by Crippen LogP contribution is 2.22. The minimum absolute atomic E-state index is 0.0162. The number of likely N-dealkylation sites (tertiary alicyclic amines) is 1. The molecule has 36 heavy (non-hydrogen) atoms. The molecule has 0 spiro atoms. The summed E-state index contributed by atoms with van der Waals surface area (Å²) in [6, 6.07) is 3.27. The first-order valence-corrected chi connectivity index (χ1v) is 12.9. The first kappa shape index (κ1) is 27.4. The summed E-state index contributed by atoms with van der Waals surface area (Å²) in [4.78, 5) is 47.7. The maximum Gasteiger partial charge on any atom is 0.407 e. The number of fused-ring (bicyclic) bond motifs is 1. The van der Waals surface area contributed by atoms with Crippen molar-refractivity contribution < 1.29 is 23.5 Å². The molecule has 3 atom stereocenters. The molecule has 3 amide bonds. The van der Waals surface area contributed by atoms with E-state index >= 15 is 0 Å². The van der Waals surface area contributed by atoms with Gasteiger partial charge in [0.1, 0.15) is 17.4 Å². The molecule has 9 nitrogen and oxygen atoms in total. The van der Waals surface area contributed by atoms with Crippen LogP contribution >= 0.6 is 0 Å². The van der Waals surface area contributed by atoms with Crippen molar-refractivity contribution in [3.8, 4) is 0 Å². The predicted molar refractivity (Wildman–Crippen MR) is 135 cm³/mol. The smallest absolute Gasteiger partial charge is 0.407 e. The van der Waals surface area contributed by atoms with Gasteiger partial charge in [-0.05, 0) is 57.1 Å². The highest BCUT2D eigenvalue weighted by atomic mass is 19.1. The summed E-state index contributed by atoms with van der Waals surface area (Å²) in [5.41, 5.74) is 0.716. The van der Waals surface area contributed by atoms with Gasteiger partial charge >= 0.3 is 6.09 Å². The first-order valence-electron chi connectivity index (χ1n) is 12.9. The predicted octanol–water partition coefficient (Wildman–Crippen LogP) is 4.20. The van der Waals surface area contributed by atoms with Crippen molar-refractivity contribution in [1.82, 2.24) is 25.5 Å². The molecule has 10 heteroatoms. The summed E-state index contributed by atoms with van der Waals surface area (Å²) >= 11 is 0. The van der Waals surface area contributed by atoms with Crippen LogP contribution in [0.25, 0.3) is 11.0 Å². The van der Waals surface area contributed by atoms with Crippen LogP contribution in [0.5, 0.6) is 0 Å². The second-order valence-electron chi connectivity index (χ2n) is 9.86. The Morgan fingerprint density at radius 3 is 2.69 bits per heavy atom. The third-order valence-corrected chi connectivity index (χ3v) is 6.47. The zero-order chi connectivity index (χ0) is 26.2. The summed E-state index contributed by atoms with van der Waals surface area (Å²) in [5, 5.41) is 5.43. The van der Waals surface area contributed by atoms with Crippen LogP contribution in [-0.4, -0.2) is 58.0 Å². The number of alkyl carbamates (subject to hydrolysis) is 1. The Morgan fingerprint density at radius 1 is 1.22 bits per heavy atom. The van der Waals surface area contributed by atoms with Gasteiger partial charge in [-0.25, -0.2) is 14.2 Å². The molecule has 2 heterocycles. The van der Waals surface area contributed by atoms with Crippen molar-refractivity contribution in [1.29, 1.82) is 0 Å². The number of piperidine rings is 1. The molecule has 1 aromatic carbocycles. The molecule has 3 rings (SSSR count). The Bertz CT molecular complexity index is 1060. The molecule has 0 bridgehead atoms. The fraction of sp³-hybridized carbons (Fsp3) is 0.615. The van der Waals surface area contributed by atoms with Gasteiger partial charge < -0.3 is 25.3 Å². The van der Waals surface area contributed by atoms with E-state index in [1.54, 1.807) is 19.1 Å². The summed E-state index contributed by atoms with van der Waals surface area (Å²) in [7, 11) is 0. The van der Waals surface area contributed by atoms with E-state index in [4.69, 9.17) is 4.74 Å². The monoisotopic (exact) mass is 503 g/mol. The van der Waals surface area contributed by atoms with Crippen LogP contribution in [0.3, 0.4) is 0 Å². The molecule has 3 N–H and O–H groups in total. The Hall–Kier alpha value is -3.17. The Balaban J connectivity index is 1.67. The molecule has 1 saturated heterocycles. The Labute approximate surface area is 211 Å². The summed E-state index contributed by atoms with van der Waals surface area (Å²) in [6.45, 7) is 8.55. The number of aromatic amines is 1. The highest BCUT2D eigenvalue weighted by molar-refractivity contribution is 5.87. The van der Waals surface area contributed by atoms with Gasteiger partial charge in [0, 0.05) is 19.0 Å². The maximum atomic E-state index is 14.0. The average Bonchev–Trinajstić information content (AvgIpc) is 3.31. The number of hydrogen-bond acceptors (Lipinski definition) is 5. The molecule has 1 aliphatic heterocycles. The van der Waals surface area contributed by atoms with Gasteiger partial charge in [0.05, 0.1) is 18.2 Å². The van der Waals surface area contributed by atoms with Crippen molar-refractivity contribution >= 4 is 28.9 Å². The van der Waals surface area contributed by atoms with Crippen LogP contribution < -0.4 is 10.6 Å². The number of ether oxygens (including phenoxy) is 1. The van der Waals surface area contributed by atoms with Crippen molar-refractivity contribution in [2.24, 2.45) is 5.92 Å². The third-order valence-electron chi connectivity index (χ3n) is 6.47. The standard InChI is InChI=1S/C26H38FN5O4/c1-5-18-9-6-7-14-32(18)22(33)13-12-21(30-26(35)36-15-16(2)3)25(34)28-17(4)24-29-20-11-8-10-19(27)23(20)31-24/h8,10-11,16-18,21H,5-7,9,12-15H2,1-4H3,(H,28,34)(H,29,31)(H,30,35)/t17-,18-,21-/m0/s1. The quantitative estimate of drug-likeness (QED) is 0.449. The number of rotatable bonds is 10. The van der Waals surface area contributed by atoms with Crippen LogP contribution in [0.15, 0.2) is 18.2 Å². The number of halogens is 1. The van der Waals surface area contributed by atoms with E-state index in [0.717, 1.165) is 32.2 Å². The third kappa shape index (κ3) is 7.18. The second kappa shape index (κ2) is 12.7. The molecule has 1 fully saturated rings. The minimum atomic E-state index is -0.970. The van der Waals surface area contributed by atoms with Crippen LogP contribution in [0, 0.1) is 11.7 Å². The van der Waals surface area contributed by atoms with E-state index in [1.165, 1.54) is 6.07 Å². The lowest BCUT2D eigenvalue weighted by molar-refractivity contribution is -0.135. The van der Waals surface area contributed by atoms with E-state index in [1.807, 2.05) is 18.7 Å². The number of nitrogens with zero attached hydrogens (tertiary/aromatic N) is 2. The second-order valence-corrected chi connectivity index (χ2v) is 9.86. The van der Waals surface area contributed by atoms with Crippen molar-refractivity contribution in [2.75, 3.05) is 13.2 Å². The molecular weight excluding hydrogens is 465 g/mol. The largest absolute Gasteiger partial charge is 0.449 e. The van der Waals surface area contributed by atoms with Gasteiger partial charge in [-0.3, -0.25) is 9.59 Å². The fourth-order valence-corrected chi connectivity index (χ4v) is 4.46. The van der Waals surface area contributed by atoms with E-state index in [-0.39, 0.29) is 42.8 Å². The number of amides is 3. The summed E-state index contributed by atoms with van der Waals surface area (Å²) in [5.74, 6) is -0.411. The molecule has 0 saturated carbocycles. The Morgan fingerprint density at radius 2 is 2.00 bits per heavy atom. The van der Waals surface area contributed by atoms with Crippen molar-refractivity contribution in [2.45, 2.75) is 84.3 Å². The number of benzene rings is 1. The van der Waals surface area contributed by atoms with Gasteiger partial charge in [0.2, 0.25) is 11.8 Å². The number of imidazole rings is 1. The molecule has 0 unspecified atom stereocenters. The number of para-hydroxylation sites is 1. The molecule has 1 aliphatic rings. The minimum Gasteiger partial charge on any atom is -0.449 e. The topological polar surface area (TPSA) is 116 Å². The van der Waals surface area contributed by atoms with Crippen LogP contribution in [-0.2, 0) is 14.3 Å². The van der Waals surface area contributed by atoms with Gasteiger partial charge in [-0.15, -0.1) is 0 Å². The SMILES string of the molecule is CC[C@H]1CCCCN1C(=O)CC[C@H](NC(=O)OCC(C)C)C(=O)N[C@@H](C)c1nc2c(F)cccc2[nH]1. The molecule has 1 aromatic heterocycles. The Kier molecular flexibility index (Phi) is 9.66. The number of carbonyl (C=O) groups excluding carboxylic acids is 3.